The number of aromatic nitrogens is 1. The monoisotopic (exact) mass is 306 g/mol. The molecule has 2 aromatic rings. The Morgan fingerprint density at radius 1 is 1.38 bits per heavy atom. The van der Waals surface area contributed by atoms with Gasteiger partial charge in [-0.2, -0.15) is 0 Å². The van der Waals surface area contributed by atoms with Crippen molar-refractivity contribution in [3.8, 4) is 0 Å². The predicted octanol–water partition coefficient (Wildman–Crippen LogP) is 4.35. The normalized spacial score (nSPS) is 11.0. The third-order valence-corrected chi connectivity index (χ3v) is 4.24. The predicted molar refractivity (Wildman–Crippen MR) is 84.5 cm³/mol. The number of nitrogens with zero attached hydrogens (tertiary/aromatic N) is 1. The first-order valence-electron chi connectivity index (χ1n) is 6.90. The molecule has 1 aromatic carbocycles. The Morgan fingerprint density at radius 2 is 2.10 bits per heavy atom. The van der Waals surface area contributed by atoms with Gasteiger partial charge in [-0.05, 0) is 37.5 Å². The van der Waals surface area contributed by atoms with Gasteiger partial charge in [-0.25, -0.2) is 9.37 Å². The van der Waals surface area contributed by atoms with Crippen molar-refractivity contribution in [2.24, 2.45) is 5.92 Å². The van der Waals surface area contributed by atoms with Crippen molar-refractivity contribution in [2.75, 3.05) is 5.32 Å². The number of thiazole rings is 1. The Morgan fingerprint density at radius 3 is 2.71 bits per heavy atom. The minimum absolute atomic E-state index is 0.233. The Labute approximate surface area is 128 Å². The molecule has 0 aliphatic rings. The summed E-state index contributed by atoms with van der Waals surface area (Å²) in [6.45, 7) is 7.74. The second-order valence-corrected chi connectivity index (χ2v) is 6.62. The number of aryl methyl sites for hydroxylation is 2. The summed E-state index contributed by atoms with van der Waals surface area (Å²) >= 11 is 1.41. The van der Waals surface area contributed by atoms with Gasteiger partial charge in [0.05, 0.1) is 10.7 Å². The van der Waals surface area contributed by atoms with Crippen LogP contribution < -0.4 is 5.32 Å². The zero-order chi connectivity index (χ0) is 15.6. The van der Waals surface area contributed by atoms with Gasteiger partial charge >= 0.3 is 0 Å². The third-order valence-electron chi connectivity index (χ3n) is 3.06. The summed E-state index contributed by atoms with van der Waals surface area (Å²) in [5.74, 6) is -0.0600. The van der Waals surface area contributed by atoms with E-state index in [0.29, 0.717) is 22.0 Å². The van der Waals surface area contributed by atoms with Crippen LogP contribution >= 0.6 is 11.3 Å². The average Bonchev–Trinajstić information content (AvgIpc) is 2.74. The molecule has 21 heavy (non-hydrogen) atoms. The van der Waals surface area contributed by atoms with E-state index in [1.807, 2.05) is 6.92 Å². The quantitative estimate of drug-likeness (QED) is 0.912. The molecule has 3 nitrogen and oxygen atoms in total. The van der Waals surface area contributed by atoms with Gasteiger partial charge in [0, 0.05) is 12.1 Å². The maximum absolute atomic E-state index is 13.5. The van der Waals surface area contributed by atoms with E-state index in [1.165, 1.54) is 17.4 Å². The molecule has 0 saturated heterocycles. The first kappa shape index (κ1) is 15.6. The van der Waals surface area contributed by atoms with Crippen LogP contribution in [0.1, 0.15) is 39.8 Å². The van der Waals surface area contributed by atoms with E-state index >= 15 is 0 Å². The molecule has 1 aromatic heterocycles. The van der Waals surface area contributed by atoms with Crippen LogP contribution in [0.3, 0.4) is 0 Å². The summed E-state index contributed by atoms with van der Waals surface area (Å²) in [5.41, 5.74) is 1.74. The smallest absolute Gasteiger partial charge is 0.267 e. The van der Waals surface area contributed by atoms with Gasteiger partial charge in [-0.3, -0.25) is 4.79 Å². The number of anilines is 1. The number of benzene rings is 1. The highest BCUT2D eigenvalue weighted by atomic mass is 32.1. The van der Waals surface area contributed by atoms with Crippen LogP contribution in [0.25, 0.3) is 0 Å². The van der Waals surface area contributed by atoms with Gasteiger partial charge < -0.3 is 5.32 Å². The molecule has 0 aliphatic heterocycles. The topological polar surface area (TPSA) is 42.0 Å². The molecule has 2 rings (SSSR count). The Balaban J connectivity index is 2.16. The van der Waals surface area contributed by atoms with Crippen molar-refractivity contribution in [1.29, 1.82) is 0 Å². The molecule has 1 amide bonds. The van der Waals surface area contributed by atoms with Gasteiger partial charge in [0.15, 0.2) is 0 Å². The van der Waals surface area contributed by atoms with Crippen molar-refractivity contribution >= 4 is 22.9 Å². The van der Waals surface area contributed by atoms with E-state index in [1.54, 1.807) is 19.1 Å². The van der Waals surface area contributed by atoms with E-state index < -0.39 is 0 Å². The fraction of sp³-hybridized carbons (Fsp3) is 0.375. The highest BCUT2D eigenvalue weighted by Crippen LogP contribution is 2.22. The van der Waals surface area contributed by atoms with Crippen LogP contribution in [0.5, 0.6) is 0 Å². The number of carbonyl (C=O) groups is 1. The Kier molecular flexibility index (Phi) is 4.73. The van der Waals surface area contributed by atoms with Crippen molar-refractivity contribution in [1.82, 2.24) is 4.98 Å². The van der Waals surface area contributed by atoms with E-state index in [0.717, 1.165) is 17.1 Å². The van der Waals surface area contributed by atoms with Crippen molar-refractivity contribution < 1.29 is 9.18 Å². The molecule has 1 N–H and O–H groups in total. The molecule has 0 spiro atoms. The fourth-order valence-electron chi connectivity index (χ4n) is 1.96. The van der Waals surface area contributed by atoms with Gasteiger partial charge in [0.1, 0.15) is 10.7 Å². The summed E-state index contributed by atoms with van der Waals surface area (Å²) in [6.07, 6.45) is 0.859. The molecule has 0 atom stereocenters. The standard InChI is InChI=1S/C16H19FN2OS/c1-9(2)7-14-18-11(4)15(21-14)16(20)19-12-6-5-10(3)13(17)8-12/h5-6,8-9H,7H2,1-4H3,(H,19,20). The van der Waals surface area contributed by atoms with Crippen LogP contribution in [-0.2, 0) is 6.42 Å². The van der Waals surface area contributed by atoms with E-state index in [-0.39, 0.29) is 11.7 Å². The lowest BCUT2D eigenvalue weighted by Crippen LogP contribution is -2.11. The van der Waals surface area contributed by atoms with E-state index in [9.17, 15) is 9.18 Å². The molecular weight excluding hydrogens is 287 g/mol. The molecule has 0 unspecified atom stereocenters. The largest absolute Gasteiger partial charge is 0.321 e. The van der Waals surface area contributed by atoms with Gasteiger partial charge in [-0.1, -0.05) is 19.9 Å². The molecule has 0 aliphatic carbocycles. The average molecular weight is 306 g/mol. The van der Waals surface area contributed by atoms with Crippen molar-refractivity contribution in [2.45, 2.75) is 34.1 Å². The van der Waals surface area contributed by atoms with Gasteiger partial charge in [0.25, 0.3) is 5.91 Å². The summed E-state index contributed by atoms with van der Waals surface area (Å²) in [5, 5.41) is 3.69. The highest BCUT2D eigenvalue weighted by Gasteiger charge is 2.16. The first-order valence-corrected chi connectivity index (χ1v) is 7.72. The van der Waals surface area contributed by atoms with Crippen LogP contribution in [0.4, 0.5) is 10.1 Å². The zero-order valence-electron chi connectivity index (χ0n) is 12.7. The Hall–Kier alpha value is -1.75. The molecule has 0 fully saturated rings. The molecule has 112 valence electrons. The Bertz CT molecular complexity index is 664. The molecule has 1 heterocycles. The summed E-state index contributed by atoms with van der Waals surface area (Å²) in [4.78, 5) is 17.3. The summed E-state index contributed by atoms with van der Waals surface area (Å²) in [6, 6.07) is 4.68. The molecule has 0 saturated carbocycles. The first-order chi connectivity index (χ1) is 9.86. The van der Waals surface area contributed by atoms with Gasteiger partial charge in [0.2, 0.25) is 0 Å². The van der Waals surface area contributed by atoms with Crippen molar-refractivity contribution in [3.05, 3.63) is 45.2 Å². The second-order valence-electron chi connectivity index (χ2n) is 5.54. The number of hydrogen-bond acceptors (Lipinski definition) is 3. The van der Waals surface area contributed by atoms with E-state index in [2.05, 4.69) is 24.1 Å². The number of hydrogen-bond donors (Lipinski definition) is 1. The number of rotatable bonds is 4. The SMILES string of the molecule is Cc1ccc(NC(=O)c2sc(CC(C)C)nc2C)cc1F. The highest BCUT2D eigenvalue weighted by molar-refractivity contribution is 7.13. The van der Waals surface area contributed by atoms with Crippen molar-refractivity contribution in [3.63, 3.8) is 0 Å². The molecule has 5 heteroatoms. The molecule has 0 bridgehead atoms. The number of carbonyl (C=O) groups excluding carboxylic acids is 1. The second kappa shape index (κ2) is 6.35. The third kappa shape index (κ3) is 3.88. The summed E-state index contributed by atoms with van der Waals surface area (Å²) in [7, 11) is 0. The number of halogens is 1. The maximum atomic E-state index is 13.5. The minimum Gasteiger partial charge on any atom is -0.321 e. The van der Waals surface area contributed by atoms with Gasteiger partial charge in [-0.15, -0.1) is 11.3 Å². The van der Waals surface area contributed by atoms with Crippen LogP contribution in [-0.4, -0.2) is 10.9 Å². The lowest BCUT2D eigenvalue weighted by atomic mass is 10.1. The lowest BCUT2D eigenvalue weighted by Gasteiger charge is -2.05. The lowest BCUT2D eigenvalue weighted by molar-refractivity contribution is 0.103. The van der Waals surface area contributed by atoms with Crippen LogP contribution in [0, 0.1) is 25.6 Å². The zero-order valence-corrected chi connectivity index (χ0v) is 13.5. The van der Waals surface area contributed by atoms with Crippen LogP contribution in [0.2, 0.25) is 0 Å². The maximum Gasteiger partial charge on any atom is 0.267 e. The number of amides is 1. The fourth-order valence-corrected chi connectivity index (χ4v) is 3.13. The minimum atomic E-state index is -0.325. The van der Waals surface area contributed by atoms with E-state index in [4.69, 9.17) is 0 Å². The molecular formula is C16H19FN2OS. The molecule has 0 radical (unpaired) electrons. The number of nitrogens with one attached hydrogen (secondary N) is 1. The van der Waals surface area contributed by atoms with Crippen LogP contribution in [0.15, 0.2) is 18.2 Å². The summed E-state index contributed by atoms with van der Waals surface area (Å²) < 4.78 is 13.5.